The largest absolute Gasteiger partial charge is 0.346 e. The molecule has 1 aliphatic rings. The van der Waals surface area contributed by atoms with Crippen molar-refractivity contribution in [2.45, 2.75) is 51.6 Å². The number of amides is 2. The summed E-state index contributed by atoms with van der Waals surface area (Å²) >= 11 is 1.41. The van der Waals surface area contributed by atoms with E-state index in [9.17, 15) is 9.59 Å². The average molecular weight is 463 g/mol. The number of fused-ring (bicyclic) bond motifs is 1. The van der Waals surface area contributed by atoms with Gasteiger partial charge in [0.1, 0.15) is 0 Å². The van der Waals surface area contributed by atoms with E-state index in [1.807, 2.05) is 51.1 Å². The SMILES string of the molecule is Cc1cc(C)c(NC(=O)CNC(=O)CSc2nc3c(n2-c2ccccc2)CCCC3)c(C)c1. The van der Waals surface area contributed by atoms with Crippen molar-refractivity contribution in [1.82, 2.24) is 14.9 Å². The Morgan fingerprint density at radius 2 is 1.70 bits per heavy atom. The van der Waals surface area contributed by atoms with Gasteiger partial charge < -0.3 is 10.6 Å². The molecule has 1 heterocycles. The van der Waals surface area contributed by atoms with E-state index in [0.29, 0.717) is 0 Å². The molecule has 172 valence electrons. The van der Waals surface area contributed by atoms with Crippen LogP contribution in [-0.4, -0.2) is 33.7 Å². The minimum atomic E-state index is -0.232. The highest BCUT2D eigenvalue weighted by Crippen LogP contribution is 2.30. The maximum Gasteiger partial charge on any atom is 0.243 e. The van der Waals surface area contributed by atoms with Crippen LogP contribution in [0.4, 0.5) is 5.69 Å². The molecule has 0 bridgehead atoms. The Kier molecular flexibility index (Phi) is 7.18. The normalized spacial score (nSPS) is 12.8. The number of aromatic nitrogens is 2. The van der Waals surface area contributed by atoms with E-state index in [2.05, 4.69) is 27.3 Å². The number of para-hydroxylation sites is 1. The fraction of sp³-hybridized carbons (Fsp3) is 0.346. The highest BCUT2D eigenvalue weighted by atomic mass is 32.2. The molecule has 0 radical (unpaired) electrons. The van der Waals surface area contributed by atoms with Crippen LogP contribution in [0.15, 0.2) is 47.6 Å². The Balaban J connectivity index is 1.37. The zero-order valence-corrected chi connectivity index (χ0v) is 20.2. The number of anilines is 1. The Hall–Kier alpha value is -3.06. The van der Waals surface area contributed by atoms with E-state index in [4.69, 9.17) is 4.98 Å². The molecular formula is C26H30N4O2S. The van der Waals surface area contributed by atoms with Crippen LogP contribution in [0.25, 0.3) is 5.69 Å². The molecule has 0 fully saturated rings. The summed E-state index contributed by atoms with van der Waals surface area (Å²) in [6.07, 6.45) is 4.29. The maximum absolute atomic E-state index is 12.5. The zero-order valence-electron chi connectivity index (χ0n) is 19.4. The van der Waals surface area contributed by atoms with E-state index < -0.39 is 0 Å². The summed E-state index contributed by atoms with van der Waals surface area (Å²) in [4.78, 5) is 29.7. The fourth-order valence-electron chi connectivity index (χ4n) is 4.38. The second-order valence-electron chi connectivity index (χ2n) is 8.55. The molecule has 2 amide bonds. The molecule has 0 atom stereocenters. The molecule has 0 unspecified atom stereocenters. The van der Waals surface area contributed by atoms with Crippen molar-refractivity contribution in [3.05, 3.63) is 70.5 Å². The summed E-state index contributed by atoms with van der Waals surface area (Å²) in [7, 11) is 0. The first-order valence-corrected chi connectivity index (χ1v) is 12.3. The molecule has 1 aromatic heterocycles. The lowest BCUT2D eigenvalue weighted by atomic mass is 10.0. The van der Waals surface area contributed by atoms with Crippen LogP contribution in [0.1, 0.15) is 40.9 Å². The maximum atomic E-state index is 12.5. The zero-order chi connectivity index (χ0) is 23.4. The van der Waals surface area contributed by atoms with Crippen LogP contribution in [0.2, 0.25) is 0 Å². The van der Waals surface area contributed by atoms with Crippen LogP contribution in [0.3, 0.4) is 0 Å². The molecule has 2 N–H and O–H groups in total. The molecule has 4 rings (SSSR count). The Morgan fingerprint density at radius 1 is 1.00 bits per heavy atom. The molecule has 1 aliphatic carbocycles. The lowest BCUT2D eigenvalue weighted by molar-refractivity contribution is -0.122. The van der Waals surface area contributed by atoms with E-state index in [1.54, 1.807) is 0 Å². The molecule has 0 saturated carbocycles. The number of carbonyl (C=O) groups excluding carboxylic acids is 2. The average Bonchev–Trinajstić information content (AvgIpc) is 3.17. The molecule has 6 nitrogen and oxygen atoms in total. The third kappa shape index (κ3) is 5.47. The number of hydrogen-bond acceptors (Lipinski definition) is 4. The number of nitrogens with zero attached hydrogens (tertiary/aromatic N) is 2. The fourth-order valence-corrected chi connectivity index (χ4v) is 5.26. The number of thioether (sulfide) groups is 1. The van der Waals surface area contributed by atoms with E-state index in [0.717, 1.165) is 64.6 Å². The molecule has 7 heteroatoms. The molecular weight excluding hydrogens is 432 g/mol. The first kappa shape index (κ1) is 23.1. The third-order valence-electron chi connectivity index (χ3n) is 5.84. The van der Waals surface area contributed by atoms with E-state index in [1.165, 1.54) is 17.5 Å². The standard InChI is InChI=1S/C26H30N4O2S/c1-17-13-18(2)25(19(3)14-17)29-23(31)15-27-24(32)16-33-26-28-21-11-7-8-12-22(21)30(26)20-9-5-4-6-10-20/h4-6,9-10,13-14H,7-8,11-12,15-16H2,1-3H3,(H,27,32)(H,29,31). The smallest absolute Gasteiger partial charge is 0.243 e. The van der Waals surface area contributed by atoms with Gasteiger partial charge in [0.25, 0.3) is 0 Å². The first-order chi connectivity index (χ1) is 15.9. The van der Waals surface area contributed by atoms with Gasteiger partial charge in [0.15, 0.2) is 5.16 Å². The summed E-state index contributed by atoms with van der Waals surface area (Å²) in [6, 6.07) is 14.2. The molecule has 0 saturated heterocycles. The van der Waals surface area contributed by atoms with Crippen LogP contribution in [0, 0.1) is 20.8 Å². The number of rotatable bonds is 7. The van der Waals surface area contributed by atoms with Gasteiger partial charge in [-0.3, -0.25) is 14.2 Å². The molecule has 0 spiro atoms. The third-order valence-corrected chi connectivity index (χ3v) is 6.77. The lowest BCUT2D eigenvalue weighted by Gasteiger charge is -2.15. The highest BCUT2D eigenvalue weighted by molar-refractivity contribution is 7.99. The number of nitrogens with one attached hydrogen (secondary N) is 2. The summed E-state index contributed by atoms with van der Waals surface area (Å²) in [6.45, 7) is 5.91. The predicted molar refractivity (Wildman–Crippen MR) is 133 cm³/mol. The number of aryl methyl sites for hydroxylation is 4. The minimum absolute atomic E-state index is 0.0597. The van der Waals surface area contributed by atoms with Gasteiger partial charge in [0.2, 0.25) is 11.8 Å². The van der Waals surface area contributed by atoms with Crippen molar-refractivity contribution in [2.75, 3.05) is 17.6 Å². The van der Waals surface area contributed by atoms with Crippen LogP contribution < -0.4 is 10.6 Å². The molecule has 33 heavy (non-hydrogen) atoms. The number of hydrogen-bond donors (Lipinski definition) is 2. The van der Waals surface area contributed by atoms with Crippen LogP contribution in [-0.2, 0) is 22.4 Å². The lowest BCUT2D eigenvalue weighted by Crippen LogP contribution is -2.34. The quantitative estimate of drug-likeness (QED) is 0.506. The Labute approximate surface area is 199 Å². The summed E-state index contributed by atoms with van der Waals surface area (Å²) in [5, 5.41) is 6.49. The summed E-state index contributed by atoms with van der Waals surface area (Å²) in [5.41, 5.74) is 7.45. The number of benzene rings is 2. The summed E-state index contributed by atoms with van der Waals surface area (Å²) < 4.78 is 2.18. The monoisotopic (exact) mass is 462 g/mol. The van der Waals surface area contributed by atoms with Gasteiger partial charge in [-0.2, -0.15) is 0 Å². The van der Waals surface area contributed by atoms with Crippen LogP contribution in [0.5, 0.6) is 0 Å². The van der Waals surface area contributed by atoms with Gasteiger partial charge in [0.05, 0.1) is 18.0 Å². The van der Waals surface area contributed by atoms with Gasteiger partial charge in [0, 0.05) is 17.1 Å². The van der Waals surface area contributed by atoms with Gasteiger partial charge >= 0.3 is 0 Å². The van der Waals surface area contributed by atoms with Crippen molar-refractivity contribution in [2.24, 2.45) is 0 Å². The molecule has 2 aromatic carbocycles. The Bertz CT molecular complexity index is 1150. The van der Waals surface area contributed by atoms with Gasteiger partial charge in [-0.15, -0.1) is 0 Å². The predicted octanol–water partition coefficient (Wildman–Crippen LogP) is 4.52. The minimum Gasteiger partial charge on any atom is -0.346 e. The second kappa shape index (κ2) is 10.3. The van der Waals surface area contributed by atoms with Crippen LogP contribution >= 0.6 is 11.8 Å². The number of imidazole rings is 1. The van der Waals surface area contributed by atoms with Crippen molar-refractivity contribution >= 4 is 29.3 Å². The molecule has 0 aliphatic heterocycles. The highest BCUT2D eigenvalue weighted by Gasteiger charge is 2.22. The summed E-state index contributed by atoms with van der Waals surface area (Å²) in [5.74, 6) is -0.212. The van der Waals surface area contributed by atoms with Gasteiger partial charge in [-0.05, 0) is 69.7 Å². The van der Waals surface area contributed by atoms with E-state index >= 15 is 0 Å². The van der Waals surface area contributed by atoms with Gasteiger partial charge in [-0.25, -0.2) is 4.98 Å². The van der Waals surface area contributed by atoms with E-state index in [-0.39, 0.29) is 24.1 Å². The first-order valence-electron chi connectivity index (χ1n) is 11.4. The van der Waals surface area contributed by atoms with Crippen molar-refractivity contribution in [1.29, 1.82) is 0 Å². The van der Waals surface area contributed by atoms with Crippen molar-refractivity contribution in [3.8, 4) is 5.69 Å². The van der Waals surface area contributed by atoms with Gasteiger partial charge in [-0.1, -0.05) is 47.7 Å². The van der Waals surface area contributed by atoms with Crippen molar-refractivity contribution in [3.63, 3.8) is 0 Å². The Morgan fingerprint density at radius 3 is 2.42 bits per heavy atom. The second-order valence-corrected chi connectivity index (χ2v) is 9.50. The molecule has 3 aromatic rings. The number of carbonyl (C=O) groups is 2. The topological polar surface area (TPSA) is 76.0 Å². The van der Waals surface area contributed by atoms with Crippen molar-refractivity contribution < 1.29 is 9.59 Å².